The molecule has 0 spiro atoms. The normalized spacial score (nSPS) is 12.7. The Morgan fingerprint density at radius 3 is 2.17 bits per heavy atom. The van der Waals surface area contributed by atoms with Gasteiger partial charge >= 0.3 is 12.1 Å². The van der Waals surface area contributed by atoms with E-state index in [9.17, 15) is 9.59 Å². The van der Waals surface area contributed by atoms with Crippen molar-refractivity contribution in [2.24, 2.45) is 0 Å². The van der Waals surface area contributed by atoms with Crippen molar-refractivity contribution in [3.05, 3.63) is 35.4 Å². The zero-order chi connectivity index (χ0) is 17.6. The van der Waals surface area contributed by atoms with Crippen molar-refractivity contribution in [3.63, 3.8) is 0 Å². The minimum absolute atomic E-state index is 0.247. The van der Waals surface area contributed by atoms with Crippen molar-refractivity contribution >= 4 is 12.1 Å². The van der Waals surface area contributed by atoms with E-state index in [0.717, 1.165) is 11.1 Å². The Kier molecular flexibility index (Phi) is 6.61. The van der Waals surface area contributed by atoms with Crippen LogP contribution in [0.15, 0.2) is 24.3 Å². The fraction of sp³-hybridized carbons (Fsp3) is 0.556. The van der Waals surface area contributed by atoms with Gasteiger partial charge in [0.2, 0.25) is 0 Å². The highest BCUT2D eigenvalue weighted by atomic mass is 16.6. The number of nitrogens with one attached hydrogen (secondary N) is 1. The van der Waals surface area contributed by atoms with E-state index in [1.807, 2.05) is 31.2 Å². The average molecular weight is 321 g/mol. The van der Waals surface area contributed by atoms with Crippen LogP contribution in [0.1, 0.15) is 45.7 Å². The van der Waals surface area contributed by atoms with E-state index >= 15 is 0 Å². The van der Waals surface area contributed by atoms with Gasteiger partial charge in [0.25, 0.3) is 0 Å². The quantitative estimate of drug-likeness (QED) is 0.844. The lowest BCUT2D eigenvalue weighted by molar-refractivity contribution is -0.149. The zero-order valence-electron chi connectivity index (χ0n) is 14.8. The molecule has 0 aliphatic carbocycles. The third-order valence-corrected chi connectivity index (χ3v) is 2.89. The minimum Gasteiger partial charge on any atom is -0.461 e. The maximum Gasteiger partial charge on any atom is 0.408 e. The Morgan fingerprint density at radius 1 is 1.13 bits per heavy atom. The predicted octanol–water partition coefficient (Wildman–Crippen LogP) is 3.38. The van der Waals surface area contributed by atoms with Gasteiger partial charge in [-0.15, -0.1) is 0 Å². The molecule has 0 saturated heterocycles. The van der Waals surface area contributed by atoms with Crippen LogP contribution in [-0.4, -0.2) is 29.8 Å². The first-order chi connectivity index (χ1) is 10.6. The number of aryl methyl sites for hydroxylation is 1. The molecule has 5 heteroatoms. The van der Waals surface area contributed by atoms with Crippen LogP contribution in [0.25, 0.3) is 0 Å². The van der Waals surface area contributed by atoms with Crippen molar-refractivity contribution in [3.8, 4) is 0 Å². The Bertz CT molecular complexity index is 529. The Balaban J connectivity index is 2.82. The van der Waals surface area contributed by atoms with Crippen molar-refractivity contribution in [2.45, 2.75) is 65.7 Å². The summed E-state index contributed by atoms with van der Waals surface area (Å²) in [7, 11) is 0. The monoisotopic (exact) mass is 321 g/mol. The molecule has 23 heavy (non-hydrogen) atoms. The highest BCUT2D eigenvalue weighted by Gasteiger charge is 2.26. The number of amides is 1. The predicted molar refractivity (Wildman–Crippen MR) is 89.3 cm³/mol. The van der Waals surface area contributed by atoms with Crippen LogP contribution in [0.4, 0.5) is 4.79 Å². The lowest BCUT2D eigenvalue weighted by Crippen LogP contribution is -2.46. The average Bonchev–Trinajstić information content (AvgIpc) is 2.37. The summed E-state index contributed by atoms with van der Waals surface area (Å²) in [6.07, 6.45) is -0.524. The molecular weight excluding hydrogens is 294 g/mol. The largest absolute Gasteiger partial charge is 0.461 e. The Labute approximate surface area is 138 Å². The summed E-state index contributed by atoms with van der Waals surface area (Å²) in [5, 5.41) is 2.61. The second-order valence-corrected chi connectivity index (χ2v) is 6.87. The molecule has 0 saturated carbocycles. The molecule has 1 unspecified atom stereocenters. The SMILES string of the molecule is Cc1ccc(CC(NC(=O)OC(C)(C)C)C(=O)OC(C)C)cc1. The number of benzene rings is 1. The van der Waals surface area contributed by atoms with E-state index in [1.54, 1.807) is 34.6 Å². The standard InChI is InChI=1S/C18H27NO4/c1-12(2)22-16(20)15(19-17(21)23-18(4,5)6)11-14-9-7-13(3)8-10-14/h7-10,12,15H,11H2,1-6H3,(H,19,21). The van der Waals surface area contributed by atoms with Crippen LogP contribution in [0.2, 0.25) is 0 Å². The lowest BCUT2D eigenvalue weighted by Gasteiger charge is -2.23. The molecule has 0 heterocycles. The summed E-state index contributed by atoms with van der Waals surface area (Å²) in [5.74, 6) is -0.466. The number of carbonyl (C=O) groups excluding carboxylic acids is 2. The van der Waals surface area contributed by atoms with Gasteiger partial charge in [0, 0.05) is 6.42 Å². The molecule has 0 aliphatic heterocycles. The van der Waals surface area contributed by atoms with Gasteiger partial charge in [-0.3, -0.25) is 0 Å². The van der Waals surface area contributed by atoms with Gasteiger partial charge in [-0.2, -0.15) is 0 Å². The Morgan fingerprint density at radius 2 is 1.70 bits per heavy atom. The maximum absolute atomic E-state index is 12.2. The molecular formula is C18H27NO4. The molecule has 0 bridgehead atoms. The van der Waals surface area contributed by atoms with Crippen molar-refractivity contribution in [2.75, 3.05) is 0 Å². The number of alkyl carbamates (subject to hydrolysis) is 1. The minimum atomic E-state index is -0.782. The number of hydrogen-bond acceptors (Lipinski definition) is 4. The third-order valence-electron chi connectivity index (χ3n) is 2.89. The van der Waals surface area contributed by atoms with E-state index in [4.69, 9.17) is 9.47 Å². The molecule has 0 aliphatic rings. The zero-order valence-corrected chi connectivity index (χ0v) is 14.8. The number of rotatable bonds is 5. The summed E-state index contributed by atoms with van der Waals surface area (Å²) in [6, 6.07) is 7.01. The van der Waals surface area contributed by atoms with Crippen LogP contribution in [0.5, 0.6) is 0 Å². The fourth-order valence-electron chi connectivity index (χ4n) is 1.92. The second kappa shape index (κ2) is 7.99. The summed E-state index contributed by atoms with van der Waals surface area (Å²) < 4.78 is 10.5. The first kappa shape index (κ1) is 19.0. The fourth-order valence-corrected chi connectivity index (χ4v) is 1.92. The van der Waals surface area contributed by atoms with E-state index in [1.165, 1.54) is 0 Å². The van der Waals surface area contributed by atoms with Crippen molar-refractivity contribution < 1.29 is 19.1 Å². The van der Waals surface area contributed by atoms with Crippen LogP contribution < -0.4 is 5.32 Å². The van der Waals surface area contributed by atoms with Gasteiger partial charge in [0.1, 0.15) is 11.6 Å². The van der Waals surface area contributed by atoms with Gasteiger partial charge in [-0.1, -0.05) is 29.8 Å². The first-order valence-corrected chi connectivity index (χ1v) is 7.82. The van der Waals surface area contributed by atoms with E-state index in [0.29, 0.717) is 6.42 Å². The van der Waals surface area contributed by atoms with Crippen LogP contribution in [0, 0.1) is 6.92 Å². The molecule has 5 nitrogen and oxygen atoms in total. The van der Waals surface area contributed by atoms with E-state index in [2.05, 4.69) is 5.32 Å². The molecule has 1 rings (SSSR count). The van der Waals surface area contributed by atoms with Gasteiger partial charge in [0.15, 0.2) is 0 Å². The van der Waals surface area contributed by atoms with Crippen LogP contribution in [-0.2, 0) is 20.7 Å². The van der Waals surface area contributed by atoms with Crippen LogP contribution >= 0.6 is 0 Å². The highest BCUT2D eigenvalue weighted by molar-refractivity contribution is 5.81. The molecule has 0 aromatic heterocycles. The molecule has 0 fully saturated rings. The van der Waals surface area contributed by atoms with Gasteiger partial charge < -0.3 is 14.8 Å². The molecule has 1 atom stereocenters. The first-order valence-electron chi connectivity index (χ1n) is 7.82. The Hall–Kier alpha value is -2.04. The van der Waals surface area contributed by atoms with Crippen molar-refractivity contribution in [1.82, 2.24) is 5.32 Å². The molecule has 1 aromatic rings. The molecule has 1 amide bonds. The summed E-state index contributed by atoms with van der Waals surface area (Å²) in [6.45, 7) is 10.9. The van der Waals surface area contributed by atoms with Crippen LogP contribution in [0.3, 0.4) is 0 Å². The lowest BCUT2D eigenvalue weighted by atomic mass is 10.0. The highest BCUT2D eigenvalue weighted by Crippen LogP contribution is 2.10. The van der Waals surface area contributed by atoms with Gasteiger partial charge in [-0.05, 0) is 47.1 Å². The van der Waals surface area contributed by atoms with Gasteiger partial charge in [0.05, 0.1) is 6.10 Å². The molecule has 128 valence electrons. The molecule has 1 N–H and O–H groups in total. The second-order valence-electron chi connectivity index (χ2n) is 6.87. The maximum atomic E-state index is 12.2. The van der Waals surface area contributed by atoms with E-state index in [-0.39, 0.29) is 6.10 Å². The smallest absolute Gasteiger partial charge is 0.408 e. The summed E-state index contributed by atoms with van der Waals surface area (Å²) in [4.78, 5) is 24.2. The molecule has 1 aromatic carbocycles. The topological polar surface area (TPSA) is 64.6 Å². The number of esters is 1. The summed E-state index contributed by atoms with van der Waals surface area (Å²) in [5.41, 5.74) is 1.45. The number of ether oxygens (including phenoxy) is 2. The number of carbonyl (C=O) groups is 2. The van der Waals surface area contributed by atoms with Gasteiger partial charge in [-0.25, -0.2) is 9.59 Å². The number of hydrogen-bond donors (Lipinski definition) is 1. The van der Waals surface area contributed by atoms with E-state index < -0.39 is 23.7 Å². The third kappa shape index (κ3) is 7.68. The summed E-state index contributed by atoms with van der Waals surface area (Å²) >= 11 is 0. The van der Waals surface area contributed by atoms with Crippen molar-refractivity contribution in [1.29, 1.82) is 0 Å². The molecule has 0 radical (unpaired) electrons.